The Kier molecular flexibility index (Phi) is 5.64. The van der Waals surface area contributed by atoms with Crippen molar-refractivity contribution in [2.75, 3.05) is 18.5 Å². The van der Waals surface area contributed by atoms with Gasteiger partial charge in [0.15, 0.2) is 5.13 Å². The summed E-state index contributed by atoms with van der Waals surface area (Å²) in [7, 11) is -3.74. The van der Waals surface area contributed by atoms with Crippen molar-refractivity contribution in [1.82, 2.24) is 9.71 Å². The van der Waals surface area contributed by atoms with Gasteiger partial charge in [-0.1, -0.05) is 47.7 Å². The van der Waals surface area contributed by atoms with E-state index in [0.717, 1.165) is 33.8 Å². The predicted molar refractivity (Wildman–Crippen MR) is 126 cm³/mol. The average molecular weight is 468 g/mol. The molecule has 32 heavy (non-hydrogen) atoms. The standard InChI is InChI=1S/C23H21N3O4S2/c27-22(26-23-25-20-11-10-15-5-1-2-9-19(15)21(20)31-23)16-6-3-8-18(13-16)32(28,29)24-14-17-7-4-12-30-17/h1-3,5-6,8-11,13,17,24H,4,7,12,14H2,(H,25,26,27). The number of rotatable bonds is 6. The summed E-state index contributed by atoms with van der Waals surface area (Å²) in [6, 6.07) is 17.9. The quantitative estimate of drug-likeness (QED) is 0.444. The highest BCUT2D eigenvalue weighted by molar-refractivity contribution is 7.89. The van der Waals surface area contributed by atoms with Gasteiger partial charge >= 0.3 is 0 Å². The molecule has 164 valence electrons. The van der Waals surface area contributed by atoms with Crippen LogP contribution in [0.3, 0.4) is 0 Å². The van der Waals surface area contributed by atoms with Gasteiger partial charge < -0.3 is 4.74 Å². The van der Waals surface area contributed by atoms with E-state index in [0.29, 0.717) is 11.7 Å². The van der Waals surface area contributed by atoms with Crippen LogP contribution in [-0.2, 0) is 14.8 Å². The van der Waals surface area contributed by atoms with Crippen molar-refractivity contribution in [3.8, 4) is 0 Å². The average Bonchev–Trinajstić information content (AvgIpc) is 3.47. The van der Waals surface area contributed by atoms with E-state index in [1.807, 2.05) is 36.4 Å². The fourth-order valence-corrected chi connectivity index (χ4v) is 5.88. The number of aromatic nitrogens is 1. The number of fused-ring (bicyclic) bond motifs is 3. The molecule has 0 bridgehead atoms. The van der Waals surface area contributed by atoms with E-state index in [-0.39, 0.29) is 23.1 Å². The van der Waals surface area contributed by atoms with Crippen LogP contribution in [0.15, 0.2) is 65.6 Å². The number of ether oxygens (including phenoxy) is 1. The summed E-state index contributed by atoms with van der Waals surface area (Å²) in [5, 5.41) is 5.45. The Morgan fingerprint density at radius 3 is 2.84 bits per heavy atom. The normalized spacial score (nSPS) is 16.6. The highest BCUT2D eigenvalue weighted by Gasteiger charge is 2.21. The molecule has 1 amide bonds. The van der Waals surface area contributed by atoms with Crippen LogP contribution < -0.4 is 10.0 Å². The zero-order valence-corrected chi connectivity index (χ0v) is 18.7. The van der Waals surface area contributed by atoms with E-state index < -0.39 is 15.9 Å². The molecule has 2 N–H and O–H groups in total. The summed E-state index contributed by atoms with van der Waals surface area (Å²) in [5.41, 5.74) is 1.05. The first kappa shape index (κ1) is 21.0. The van der Waals surface area contributed by atoms with Crippen LogP contribution in [0.2, 0.25) is 0 Å². The maximum Gasteiger partial charge on any atom is 0.257 e. The number of carbonyl (C=O) groups excluding carboxylic acids is 1. The summed E-state index contributed by atoms with van der Waals surface area (Å²) >= 11 is 1.39. The second-order valence-corrected chi connectivity index (χ2v) is 10.4. The van der Waals surface area contributed by atoms with Gasteiger partial charge in [-0.2, -0.15) is 0 Å². The number of thiazole rings is 1. The number of nitrogens with zero attached hydrogens (tertiary/aromatic N) is 1. The maximum absolute atomic E-state index is 12.8. The summed E-state index contributed by atoms with van der Waals surface area (Å²) < 4.78 is 34.3. The van der Waals surface area contributed by atoms with Crippen LogP contribution in [0.4, 0.5) is 5.13 Å². The molecule has 1 saturated heterocycles. The SMILES string of the molecule is O=C(Nc1nc2ccc3ccccc3c2s1)c1cccc(S(=O)(=O)NCC2CCCO2)c1. The van der Waals surface area contributed by atoms with E-state index in [1.54, 1.807) is 12.1 Å². The Hall–Kier alpha value is -2.85. The molecule has 0 aliphatic carbocycles. The van der Waals surface area contributed by atoms with Crippen LogP contribution >= 0.6 is 11.3 Å². The van der Waals surface area contributed by atoms with E-state index in [2.05, 4.69) is 15.0 Å². The molecule has 4 aromatic rings. The number of sulfonamides is 1. The van der Waals surface area contributed by atoms with Gasteiger partial charge in [0.1, 0.15) is 0 Å². The molecule has 0 radical (unpaired) electrons. The van der Waals surface area contributed by atoms with Gasteiger partial charge in [-0.05, 0) is 42.5 Å². The fraction of sp³-hybridized carbons (Fsp3) is 0.217. The van der Waals surface area contributed by atoms with Crippen molar-refractivity contribution in [2.24, 2.45) is 0 Å². The van der Waals surface area contributed by atoms with Crippen molar-refractivity contribution < 1.29 is 17.9 Å². The lowest BCUT2D eigenvalue weighted by molar-refractivity contribution is 0.102. The molecular formula is C23H21N3O4S2. The van der Waals surface area contributed by atoms with Crippen LogP contribution in [-0.4, -0.2) is 38.6 Å². The first-order chi connectivity index (χ1) is 15.5. The predicted octanol–water partition coefficient (Wildman–Crippen LogP) is 4.16. The third-order valence-corrected chi connectivity index (χ3v) is 7.87. The summed E-state index contributed by atoms with van der Waals surface area (Å²) in [6.45, 7) is 0.877. The zero-order chi connectivity index (χ0) is 22.1. The monoisotopic (exact) mass is 467 g/mol. The van der Waals surface area contributed by atoms with Gasteiger partial charge in [0.05, 0.1) is 21.2 Å². The minimum absolute atomic E-state index is 0.0402. The lowest BCUT2D eigenvalue weighted by Crippen LogP contribution is -2.32. The summed E-state index contributed by atoms with van der Waals surface area (Å²) in [6.07, 6.45) is 1.66. The third kappa shape index (κ3) is 4.24. The lowest BCUT2D eigenvalue weighted by atomic mass is 10.1. The van der Waals surface area contributed by atoms with Gasteiger partial charge in [-0.25, -0.2) is 18.1 Å². The van der Waals surface area contributed by atoms with Crippen LogP contribution in [0.1, 0.15) is 23.2 Å². The molecule has 1 aliphatic heterocycles. The number of hydrogen-bond donors (Lipinski definition) is 2. The Morgan fingerprint density at radius 2 is 2.00 bits per heavy atom. The Labute approximate surface area is 189 Å². The first-order valence-electron chi connectivity index (χ1n) is 10.3. The van der Waals surface area contributed by atoms with Crippen molar-refractivity contribution in [2.45, 2.75) is 23.8 Å². The molecule has 9 heteroatoms. The smallest absolute Gasteiger partial charge is 0.257 e. The minimum atomic E-state index is -3.74. The molecule has 2 heterocycles. The molecule has 1 unspecified atom stereocenters. The van der Waals surface area contributed by atoms with Crippen molar-refractivity contribution in [3.63, 3.8) is 0 Å². The molecule has 0 saturated carbocycles. The van der Waals surface area contributed by atoms with E-state index in [4.69, 9.17) is 4.74 Å². The van der Waals surface area contributed by atoms with Gasteiger partial charge in [0.25, 0.3) is 5.91 Å². The lowest BCUT2D eigenvalue weighted by Gasteiger charge is -2.12. The zero-order valence-electron chi connectivity index (χ0n) is 17.1. The molecule has 3 aromatic carbocycles. The molecular weight excluding hydrogens is 446 g/mol. The van der Waals surface area contributed by atoms with Crippen molar-refractivity contribution >= 4 is 53.4 Å². The van der Waals surface area contributed by atoms with Crippen LogP contribution in [0.5, 0.6) is 0 Å². The number of nitrogens with one attached hydrogen (secondary N) is 2. The van der Waals surface area contributed by atoms with Crippen molar-refractivity contribution in [3.05, 3.63) is 66.2 Å². The summed E-state index contributed by atoms with van der Waals surface area (Å²) in [4.78, 5) is 17.4. The van der Waals surface area contributed by atoms with Gasteiger partial charge in [0.2, 0.25) is 10.0 Å². The Morgan fingerprint density at radius 1 is 1.12 bits per heavy atom. The number of carbonyl (C=O) groups is 1. The largest absolute Gasteiger partial charge is 0.377 e. The van der Waals surface area contributed by atoms with Crippen LogP contribution in [0.25, 0.3) is 21.0 Å². The number of hydrogen-bond acceptors (Lipinski definition) is 6. The second kappa shape index (κ2) is 8.59. The van der Waals surface area contributed by atoms with Gasteiger partial charge in [-0.3, -0.25) is 10.1 Å². The molecule has 1 atom stereocenters. The molecule has 1 aromatic heterocycles. The van der Waals surface area contributed by atoms with Gasteiger partial charge in [0, 0.05) is 24.1 Å². The molecule has 1 aliphatic rings. The van der Waals surface area contributed by atoms with E-state index in [1.165, 1.54) is 23.5 Å². The summed E-state index contributed by atoms with van der Waals surface area (Å²) in [5.74, 6) is -0.412. The molecule has 0 spiro atoms. The highest BCUT2D eigenvalue weighted by atomic mass is 32.2. The topological polar surface area (TPSA) is 97.4 Å². The second-order valence-electron chi connectivity index (χ2n) is 7.62. The van der Waals surface area contributed by atoms with E-state index in [9.17, 15) is 13.2 Å². The number of benzene rings is 3. The Bertz CT molecular complexity index is 1410. The third-order valence-electron chi connectivity index (χ3n) is 5.43. The van der Waals surface area contributed by atoms with Gasteiger partial charge in [-0.15, -0.1) is 0 Å². The number of amides is 1. The molecule has 5 rings (SSSR count). The fourth-order valence-electron chi connectivity index (χ4n) is 3.77. The maximum atomic E-state index is 12.8. The van der Waals surface area contributed by atoms with Crippen molar-refractivity contribution in [1.29, 1.82) is 0 Å². The first-order valence-corrected chi connectivity index (χ1v) is 12.6. The Balaban J connectivity index is 1.35. The van der Waals surface area contributed by atoms with Crippen LogP contribution in [0, 0.1) is 0 Å². The molecule has 1 fully saturated rings. The minimum Gasteiger partial charge on any atom is -0.377 e. The molecule has 7 nitrogen and oxygen atoms in total. The number of anilines is 1. The highest BCUT2D eigenvalue weighted by Crippen LogP contribution is 2.32. The van der Waals surface area contributed by atoms with E-state index >= 15 is 0 Å².